The molecule has 2 aromatic rings. The van der Waals surface area contributed by atoms with E-state index in [0.29, 0.717) is 13.0 Å². The van der Waals surface area contributed by atoms with Crippen molar-refractivity contribution in [2.24, 2.45) is 22.5 Å². The maximum absolute atomic E-state index is 14.6. The van der Waals surface area contributed by atoms with Gasteiger partial charge in [-0.25, -0.2) is 9.50 Å². The van der Waals surface area contributed by atoms with Crippen LogP contribution in [0.15, 0.2) is 12.3 Å². The van der Waals surface area contributed by atoms with E-state index in [1.807, 2.05) is 15.6 Å². The zero-order chi connectivity index (χ0) is 30.2. The third-order valence-corrected chi connectivity index (χ3v) is 11.3. The molecular weight excluding hydrogens is 548 g/mol. The highest BCUT2D eigenvalue weighted by Crippen LogP contribution is 2.71. The Bertz CT molecular complexity index is 1250. The van der Waals surface area contributed by atoms with E-state index >= 15 is 0 Å². The predicted octanol–water partition coefficient (Wildman–Crippen LogP) is 6.01. The SMILES string of the molecule is CCCC1(C)CC1(CCC)C(O)C(CC(Cl)CC)C(=O)N1CCCCC1c1cc2nc(N3CCC(N)C3)c(C)cn2n1. The van der Waals surface area contributed by atoms with Crippen LogP contribution in [0, 0.1) is 23.7 Å². The lowest BCUT2D eigenvalue weighted by molar-refractivity contribution is -0.146. The lowest BCUT2D eigenvalue weighted by Crippen LogP contribution is -2.48. The number of aliphatic hydroxyl groups is 1. The maximum Gasteiger partial charge on any atom is 0.228 e. The molecule has 42 heavy (non-hydrogen) atoms. The molecule has 7 unspecified atom stereocenters. The number of fused-ring (bicyclic) bond motifs is 1. The van der Waals surface area contributed by atoms with Crippen molar-refractivity contribution in [3.8, 4) is 0 Å². The summed E-state index contributed by atoms with van der Waals surface area (Å²) in [7, 11) is 0. The van der Waals surface area contributed by atoms with Crippen molar-refractivity contribution in [1.29, 1.82) is 0 Å². The average Bonchev–Trinajstić information content (AvgIpc) is 3.26. The number of aromatic nitrogens is 3. The molecule has 234 valence electrons. The number of carbonyl (C=O) groups is 1. The highest BCUT2D eigenvalue weighted by atomic mass is 35.5. The Morgan fingerprint density at radius 2 is 1.95 bits per heavy atom. The zero-order valence-corrected chi connectivity index (χ0v) is 27.2. The number of carbonyl (C=O) groups excluding carboxylic acids is 1. The van der Waals surface area contributed by atoms with Crippen LogP contribution in [-0.4, -0.2) is 67.7 Å². The van der Waals surface area contributed by atoms with E-state index in [-0.39, 0.29) is 34.2 Å². The van der Waals surface area contributed by atoms with Gasteiger partial charge in [-0.1, -0.05) is 40.5 Å². The monoisotopic (exact) mass is 600 g/mol. The second-order valence-corrected chi connectivity index (χ2v) is 14.5. The molecule has 9 heteroatoms. The minimum atomic E-state index is -0.698. The average molecular weight is 601 g/mol. The minimum Gasteiger partial charge on any atom is -0.392 e. The van der Waals surface area contributed by atoms with Crippen molar-refractivity contribution in [2.75, 3.05) is 24.5 Å². The van der Waals surface area contributed by atoms with Gasteiger partial charge in [0.05, 0.1) is 23.8 Å². The van der Waals surface area contributed by atoms with Gasteiger partial charge in [-0.2, -0.15) is 5.10 Å². The Morgan fingerprint density at radius 3 is 2.62 bits per heavy atom. The summed E-state index contributed by atoms with van der Waals surface area (Å²) in [5.74, 6) is 0.497. The van der Waals surface area contributed by atoms with Gasteiger partial charge in [-0.15, -0.1) is 11.6 Å². The molecule has 0 spiro atoms. The number of amides is 1. The number of piperidine rings is 1. The van der Waals surface area contributed by atoms with Crippen LogP contribution in [0.4, 0.5) is 5.82 Å². The van der Waals surface area contributed by atoms with Crippen LogP contribution in [0.5, 0.6) is 0 Å². The highest BCUT2D eigenvalue weighted by Gasteiger charge is 2.67. The van der Waals surface area contributed by atoms with Crippen LogP contribution in [0.3, 0.4) is 0 Å². The Kier molecular flexibility index (Phi) is 9.46. The number of halogens is 1. The van der Waals surface area contributed by atoms with Gasteiger partial charge in [0.2, 0.25) is 5.91 Å². The third-order valence-electron chi connectivity index (χ3n) is 10.8. The van der Waals surface area contributed by atoms with Crippen molar-refractivity contribution in [3.63, 3.8) is 0 Å². The molecule has 3 N–H and O–H groups in total. The summed E-state index contributed by atoms with van der Waals surface area (Å²) in [6.07, 6.45) is 11.5. The first-order valence-corrected chi connectivity index (χ1v) is 17.0. The van der Waals surface area contributed by atoms with Crippen LogP contribution in [0.2, 0.25) is 0 Å². The fourth-order valence-corrected chi connectivity index (χ4v) is 8.57. The van der Waals surface area contributed by atoms with Crippen molar-refractivity contribution in [1.82, 2.24) is 19.5 Å². The van der Waals surface area contributed by atoms with E-state index in [2.05, 4.69) is 45.6 Å². The number of nitrogens with two attached hydrogens (primary N) is 1. The van der Waals surface area contributed by atoms with Gasteiger partial charge in [0.1, 0.15) is 5.82 Å². The standard InChI is InChI=1S/C33H53ClN6O2/c1-6-13-32(5)21-33(32,14-7-2)29(41)25(17-23(34)8-3)31(42)39-15-10-9-11-27(39)26-18-28-36-30(22(4)19-40(28)37-26)38-16-12-24(35)20-38/h18-19,23-25,27,29,41H,6-17,20-21,35H2,1-5H3. The first kappa shape index (κ1) is 31.5. The second kappa shape index (κ2) is 12.6. The summed E-state index contributed by atoms with van der Waals surface area (Å²) < 4.78 is 1.86. The van der Waals surface area contributed by atoms with Gasteiger partial charge in [-0.05, 0) is 70.1 Å². The highest BCUT2D eigenvalue weighted by molar-refractivity contribution is 6.20. The summed E-state index contributed by atoms with van der Waals surface area (Å²) in [5.41, 5.74) is 8.78. The smallest absolute Gasteiger partial charge is 0.228 e. The van der Waals surface area contributed by atoms with E-state index in [4.69, 9.17) is 27.4 Å². The lowest BCUT2D eigenvalue weighted by Gasteiger charge is -2.40. The number of alkyl halides is 1. The molecule has 5 rings (SSSR count). The topological polar surface area (TPSA) is 100.0 Å². The molecule has 1 amide bonds. The van der Waals surface area contributed by atoms with Crippen molar-refractivity contribution in [2.45, 2.75) is 129 Å². The van der Waals surface area contributed by atoms with Crippen LogP contribution in [-0.2, 0) is 4.79 Å². The molecule has 4 heterocycles. The molecule has 2 aromatic heterocycles. The molecule has 1 saturated carbocycles. The molecule has 3 aliphatic rings. The number of likely N-dealkylation sites (tertiary alicyclic amines) is 1. The van der Waals surface area contributed by atoms with Gasteiger partial charge in [0.15, 0.2) is 5.65 Å². The number of aryl methyl sites for hydroxylation is 1. The molecule has 1 aliphatic carbocycles. The number of aliphatic hydroxyl groups excluding tert-OH is 1. The fraction of sp³-hybridized carbons (Fsp3) is 0.788. The molecule has 0 aromatic carbocycles. The molecule has 0 radical (unpaired) electrons. The summed E-state index contributed by atoms with van der Waals surface area (Å²) in [6, 6.07) is 2.10. The van der Waals surface area contributed by atoms with Crippen LogP contribution in [0.25, 0.3) is 5.65 Å². The Hall–Kier alpha value is -1.90. The van der Waals surface area contributed by atoms with E-state index < -0.39 is 12.0 Å². The summed E-state index contributed by atoms with van der Waals surface area (Å²) in [6.45, 7) is 13.3. The van der Waals surface area contributed by atoms with Gasteiger partial charge >= 0.3 is 0 Å². The van der Waals surface area contributed by atoms with Crippen LogP contribution >= 0.6 is 11.6 Å². The lowest BCUT2D eigenvalue weighted by atomic mass is 9.75. The summed E-state index contributed by atoms with van der Waals surface area (Å²) >= 11 is 6.75. The molecule has 2 aliphatic heterocycles. The number of nitrogens with zero attached hydrogens (tertiary/aromatic N) is 5. The molecule has 0 bridgehead atoms. The fourth-order valence-electron chi connectivity index (χ4n) is 8.38. The van der Waals surface area contributed by atoms with Gasteiger partial charge in [0.25, 0.3) is 0 Å². The molecule has 2 saturated heterocycles. The third kappa shape index (κ3) is 5.80. The van der Waals surface area contributed by atoms with Gasteiger partial charge in [-0.3, -0.25) is 4.79 Å². The molecule has 3 fully saturated rings. The van der Waals surface area contributed by atoms with E-state index in [0.717, 1.165) is 100 Å². The largest absolute Gasteiger partial charge is 0.392 e. The van der Waals surface area contributed by atoms with E-state index in [1.54, 1.807) is 0 Å². The summed E-state index contributed by atoms with van der Waals surface area (Å²) in [5, 5.41) is 17.0. The van der Waals surface area contributed by atoms with Crippen LogP contribution in [0.1, 0.15) is 116 Å². The number of hydrogen-bond donors (Lipinski definition) is 2. The number of hydrogen-bond acceptors (Lipinski definition) is 6. The predicted molar refractivity (Wildman–Crippen MR) is 170 cm³/mol. The Labute approximate surface area is 257 Å². The maximum atomic E-state index is 14.6. The number of anilines is 1. The zero-order valence-electron chi connectivity index (χ0n) is 26.5. The molecule has 7 atom stereocenters. The Balaban J connectivity index is 1.45. The minimum absolute atomic E-state index is 0.0421. The molecule has 8 nitrogen and oxygen atoms in total. The summed E-state index contributed by atoms with van der Waals surface area (Å²) in [4.78, 5) is 23.9. The first-order chi connectivity index (χ1) is 20.1. The quantitative estimate of drug-likeness (QED) is 0.289. The normalized spacial score (nSPS) is 30.1. The van der Waals surface area contributed by atoms with Crippen molar-refractivity contribution < 1.29 is 9.90 Å². The van der Waals surface area contributed by atoms with Crippen molar-refractivity contribution in [3.05, 3.63) is 23.5 Å². The van der Waals surface area contributed by atoms with Crippen LogP contribution < -0.4 is 10.6 Å². The second-order valence-electron chi connectivity index (χ2n) is 13.8. The van der Waals surface area contributed by atoms with E-state index in [1.165, 1.54) is 0 Å². The van der Waals surface area contributed by atoms with Gasteiger partial charge in [0, 0.05) is 54.3 Å². The van der Waals surface area contributed by atoms with Gasteiger partial charge < -0.3 is 20.6 Å². The van der Waals surface area contributed by atoms with E-state index in [9.17, 15) is 9.90 Å². The molecular formula is C33H53ClN6O2. The first-order valence-electron chi connectivity index (χ1n) is 16.6. The Morgan fingerprint density at radius 1 is 1.19 bits per heavy atom. The van der Waals surface area contributed by atoms with Crippen molar-refractivity contribution >= 4 is 29.0 Å². The number of rotatable bonds is 12.